The van der Waals surface area contributed by atoms with Gasteiger partial charge in [0.15, 0.2) is 5.82 Å². The van der Waals surface area contributed by atoms with Crippen LogP contribution >= 0.6 is 0 Å². The Morgan fingerprint density at radius 2 is 2.00 bits per heavy atom. The Bertz CT molecular complexity index is 1160. The molecule has 1 aromatic carbocycles. The SMILES string of the molecule is Cc1nc([C@H]2CCCN2C(=O)c2ccn[nH]2)nc2c1CCC(=O)N2Cc1ccc(F)cc1. The summed E-state index contributed by atoms with van der Waals surface area (Å²) in [6.45, 7) is 2.84. The van der Waals surface area contributed by atoms with E-state index in [1.807, 2.05) is 6.92 Å². The quantitative estimate of drug-likeness (QED) is 0.681. The van der Waals surface area contributed by atoms with Crippen LogP contribution in [0.3, 0.4) is 0 Å². The Kier molecular flexibility index (Phi) is 5.16. The van der Waals surface area contributed by atoms with E-state index in [9.17, 15) is 14.0 Å². The zero-order chi connectivity index (χ0) is 22.2. The van der Waals surface area contributed by atoms with E-state index in [0.717, 1.165) is 29.7 Å². The number of anilines is 1. The minimum atomic E-state index is -0.317. The maximum atomic E-state index is 13.3. The van der Waals surface area contributed by atoms with Crippen molar-refractivity contribution >= 4 is 17.6 Å². The minimum absolute atomic E-state index is 0.0253. The van der Waals surface area contributed by atoms with Crippen LogP contribution in [0, 0.1) is 12.7 Å². The molecule has 2 amide bonds. The summed E-state index contributed by atoms with van der Waals surface area (Å²) in [7, 11) is 0. The van der Waals surface area contributed by atoms with Crippen molar-refractivity contribution in [2.75, 3.05) is 11.4 Å². The number of H-pyrrole nitrogens is 1. The first-order valence-corrected chi connectivity index (χ1v) is 10.7. The fourth-order valence-corrected chi connectivity index (χ4v) is 4.50. The number of carbonyl (C=O) groups excluding carboxylic acids is 2. The number of likely N-dealkylation sites (tertiary alicyclic amines) is 1. The van der Waals surface area contributed by atoms with Gasteiger partial charge in [0.25, 0.3) is 5.91 Å². The van der Waals surface area contributed by atoms with Crippen LogP contribution in [-0.4, -0.2) is 43.4 Å². The van der Waals surface area contributed by atoms with Crippen molar-refractivity contribution in [1.82, 2.24) is 25.1 Å². The van der Waals surface area contributed by atoms with Crippen LogP contribution in [0.2, 0.25) is 0 Å². The number of hydrogen-bond donors (Lipinski definition) is 1. The van der Waals surface area contributed by atoms with E-state index in [0.29, 0.717) is 43.3 Å². The second-order valence-electron chi connectivity index (χ2n) is 8.20. The van der Waals surface area contributed by atoms with Crippen LogP contribution in [0.25, 0.3) is 0 Å². The molecule has 2 aliphatic rings. The second kappa shape index (κ2) is 8.14. The van der Waals surface area contributed by atoms with Crippen LogP contribution in [-0.2, 0) is 17.8 Å². The fraction of sp³-hybridized carbons (Fsp3) is 0.348. The molecule has 9 heteroatoms. The highest BCUT2D eigenvalue weighted by molar-refractivity contribution is 5.95. The molecular formula is C23H23FN6O2. The molecule has 1 saturated heterocycles. The summed E-state index contributed by atoms with van der Waals surface area (Å²) < 4.78 is 13.3. The van der Waals surface area contributed by atoms with Crippen molar-refractivity contribution in [2.24, 2.45) is 0 Å². The van der Waals surface area contributed by atoms with Crippen molar-refractivity contribution in [2.45, 2.75) is 45.2 Å². The molecule has 0 bridgehead atoms. The first-order chi connectivity index (χ1) is 15.5. The van der Waals surface area contributed by atoms with Crippen LogP contribution < -0.4 is 4.90 Å². The lowest BCUT2D eigenvalue weighted by Crippen LogP contribution is -2.37. The molecule has 164 valence electrons. The maximum Gasteiger partial charge on any atom is 0.272 e. The lowest BCUT2D eigenvalue weighted by molar-refractivity contribution is -0.119. The van der Waals surface area contributed by atoms with Gasteiger partial charge in [-0.1, -0.05) is 12.1 Å². The Hall–Kier alpha value is -3.62. The van der Waals surface area contributed by atoms with Crippen LogP contribution in [0.15, 0.2) is 36.5 Å². The molecule has 0 unspecified atom stereocenters. The highest BCUT2D eigenvalue weighted by atomic mass is 19.1. The summed E-state index contributed by atoms with van der Waals surface area (Å²) in [5.41, 5.74) is 3.02. The molecule has 0 spiro atoms. The molecule has 1 N–H and O–H groups in total. The molecule has 0 radical (unpaired) electrons. The van der Waals surface area contributed by atoms with Crippen LogP contribution in [0.1, 0.15) is 58.4 Å². The van der Waals surface area contributed by atoms with Crippen LogP contribution in [0.4, 0.5) is 10.2 Å². The molecule has 2 aromatic heterocycles. The molecule has 1 atom stereocenters. The second-order valence-corrected chi connectivity index (χ2v) is 8.20. The third-order valence-corrected chi connectivity index (χ3v) is 6.15. The van der Waals surface area contributed by atoms with Crippen molar-refractivity contribution in [3.8, 4) is 0 Å². The van der Waals surface area contributed by atoms with E-state index in [2.05, 4.69) is 10.2 Å². The van der Waals surface area contributed by atoms with Crippen molar-refractivity contribution < 1.29 is 14.0 Å². The number of aryl methyl sites for hydroxylation is 1. The van der Waals surface area contributed by atoms with E-state index in [1.54, 1.807) is 34.2 Å². The average Bonchev–Trinajstić information content (AvgIpc) is 3.49. The first-order valence-electron chi connectivity index (χ1n) is 10.7. The normalized spacial score (nSPS) is 18.2. The Morgan fingerprint density at radius 3 is 2.75 bits per heavy atom. The van der Waals surface area contributed by atoms with Gasteiger partial charge in [0.05, 0.1) is 12.6 Å². The van der Waals surface area contributed by atoms with Crippen LogP contribution in [0.5, 0.6) is 0 Å². The van der Waals surface area contributed by atoms with E-state index in [-0.39, 0.29) is 23.7 Å². The topological polar surface area (TPSA) is 95.1 Å². The highest BCUT2D eigenvalue weighted by Crippen LogP contribution is 2.35. The van der Waals surface area contributed by atoms with Gasteiger partial charge in [-0.25, -0.2) is 14.4 Å². The number of nitrogens with zero attached hydrogens (tertiary/aromatic N) is 5. The summed E-state index contributed by atoms with van der Waals surface area (Å²) in [5, 5.41) is 6.61. The molecule has 0 aliphatic carbocycles. The van der Waals surface area contributed by atoms with Crippen molar-refractivity contribution in [3.05, 3.63) is 70.7 Å². The maximum absolute atomic E-state index is 13.3. The molecule has 3 aromatic rings. The average molecular weight is 434 g/mol. The number of carbonyl (C=O) groups is 2. The summed E-state index contributed by atoms with van der Waals surface area (Å²) in [6, 6.07) is 7.51. The fourth-order valence-electron chi connectivity index (χ4n) is 4.50. The van der Waals surface area contributed by atoms with Gasteiger partial charge >= 0.3 is 0 Å². The smallest absolute Gasteiger partial charge is 0.272 e. The number of aromatic amines is 1. The Labute approximate surface area is 184 Å². The molecule has 0 saturated carbocycles. The monoisotopic (exact) mass is 434 g/mol. The molecule has 5 rings (SSSR count). The number of nitrogens with one attached hydrogen (secondary N) is 1. The number of hydrogen-bond acceptors (Lipinski definition) is 5. The summed E-state index contributed by atoms with van der Waals surface area (Å²) in [4.78, 5) is 38.7. The molecule has 1 fully saturated rings. The third-order valence-electron chi connectivity index (χ3n) is 6.15. The van der Waals surface area contributed by atoms with E-state index in [4.69, 9.17) is 9.97 Å². The number of aromatic nitrogens is 4. The highest BCUT2D eigenvalue weighted by Gasteiger charge is 2.35. The van der Waals surface area contributed by atoms with Gasteiger partial charge in [0, 0.05) is 30.4 Å². The summed E-state index contributed by atoms with van der Waals surface area (Å²) >= 11 is 0. The molecule has 32 heavy (non-hydrogen) atoms. The van der Waals surface area contributed by atoms with Crippen molar-refractivity contribution in [1.29, 1.82) is 0 Å². The van der Waals surface area contributed by atoms with Crippen molar-refractivity contribution in [3.63, 3.8) is 0 Å². The summed E-state index contributed by atoms with van der Waals surface area (Å²) in [5.74, 6) is 0.660. The predicted molar refractivity (Wildman–Crippen MR) is 114 cm³/mol. The number of rotatable bonds is 4. The van der Waals surface area contributed by atoms with Gasteiger partial charge < -0.3 is 4.90 Å². The first kappa shape index (κ1) is 20.3. The third kappa shape index (κ3) is 3.63. The largest absolute Gasteiger partial charge is 0.327 e. The zero-order valence-electron chi connectivity index (χ0n) is 17.7. The Balaban J connectivity index is 1.50. The van der Waals surface area contributed by atoms with E-state index >= 15 is 0 Å². The lowest BCUT2D eigenvalue weighted by Gasteiger charge is -2.31. The molecule has 2 aliphatic heterocycles. The molecule has 4 heterocycles. The van der Waals surface area contributed by atoms with Gasteiger partial charge in [-0.2, -0.15) is 5.10 Å². The Morgan fingerprint density at radius 1 is 1.19 bits per heavy atom. The zero-order valence-corrected chi connectivity index (χ0v) is 17.7. The molecular weight excluding hydrogens is 411 g/mol. The van der Waals surface area contributed by atoms with E-state index < -0.39 is 0 Å². The standard InChI is InChI=1S/C23H23FN6O2/c1-14-17-8-9-20(31)30(13-15-4-6-16(24)7-5-15)22(17)27-21(26-14)19-3-2-12-29(19)23(32)18-10-11-25-28-18/h4-7,10-11,19H,2-3,8-9,12-13H2,1H3,(H,25,28)/t19-/m1/s1. The lowest BCUT2D eigenvalue weighted by atomic mass is 10.0. The van der Waals surface area contributed by atoms with Gasteiger partial charge in [0.2, 0.25) is 5.91 Å². The van der Waals surface area contributed by atoms with Gasteiger partial charge in [0.1, 0.15) is 17.3 Å². The predicted octanol–water partition coefficient (Wildman–Crippen LogP) is 3.10. The number of fused-ring (bicyclic) bond motifs is 1. The van der Waals surface area contributed by atoms with Gasteiger partial charge in [-0.3, -0.25) is 19.6 Å². The number of amides is 2. The van der Waals surface area contributed by atoms with Gasteiger partial charge in [-0.05, 0) is 49.9 Å². The number of halogens is 1. The van der Waals surface area contributed by atoms with Gasteiger partial charge in [-0.15, -0.1) is 0 Å². The van der Waals surface area contributed by atoms with E-state index in [1.165, 1.54) is 12.1 Å². The summed E-state index contributed by atoms with van der Waals surface area (Å²) in [6.07, 6.45) is 4.12. The molecule has 8 nitrogen and oxygen atoms in total. The number of benzene rings is 1. The minimum Gasteiger partial charge on any atom is -0.327 e.